The Bertz CT molecular complexity index is 210. The van der Waals surface area contributed by atoms with Crippen molar-refractivity contribution in [3.8, 4) is 0 Å². The van der Waals surface area contributed by atoms with Gasteiger partial charge < -0.3 is 14.3 Å². The van der Waals surface area contributed by atoms with E-state index in [0.717, 1.165) is 12.6 Å². The second-order valence-electron chi connectivity index (χ2n) is 3.68. The molecule has 0 aromatic rings. The van der Waals surface area contributed by atoms with Crippen LogP contribution in [0.1, 0.15) is 20.8 Å². The molecule has 0 bridgehead atoms. The van der Waals surface area contributed by atoms with Crippen molar-refractivity contribution in [2.24, 2.45) is 11.3 Å². The summed E-state index contributed by atoms with van der Waals surface area (Å²) in [7, 11) is 0. The van der Waals surface area contributed by atoms with Gasteiger partial charge in [-0.1, -0.05) is 13.8 Å². The van der Waals surface area contributed by atoms with Gasteiger partial charge in [-0.3, -0.25) is 0 Å². The van der Waals surface area contributed by atoms with Gasteiger partial charge in [-0.05, 0) is 6.92 Å². The Balaban J connectivity index is 2.84. The summed E-state index contributed by atoms with van der Waals surface area (Å²) in [6.07, 6.45) is 1.57. The van der Waals surface area contributed by atoms with Crippen molar-refractivity contribution in [3.05, 3.63) is 0 Å². The average molecular weight is 170 g/mol. The highest BCUT2D eigenvalue weighted by molar-refractivity contribution is 5.82. The molecule has 0 saturated heterocycles. The lowest BCUT2D eigenvalue weighted by Crippen LogP contribution is -2.23. The van der Waals surface area contributed by atoms with E-state index in [2.05, 4.69) is 0 Å². The zero-order chi connectivity index (χ0) is 9.41. The fourth-order valence-electron chi connectivity index (χ4n) is 1.84. The topological polar surface area (TPSA) is 43.4 Å². The van der Waals surface area contributed by atoms with Crippen LogP contribution in [-0.2, 0) is 14.3 Å². The molecule has 0 aliphatic heterocycles. The first-order valence-electron chi connectivity index (χ1n) is 4.12. The molecule has 68 valence electrons. The van der Waals surface area contributed by atoms with Crippen LogP contribution in [0.5, 0.6) is 0 Å². The molecule has 0 N–H and O–H groups in total. The van der Waals surface area contributed by atoms with E-state index in [1.165, 1.54) is 0 Å². The molecule has 0 aromatic carbocycles. The van der Waals surface area contributed by atoms with Crippen LogP contribution in [0, 0.1) is 11.3 Å². The lowest BCUT2D eigenvalue weighted by Gasteiger charge is -2.11. The second-order valence-corrected chi connectivity index (χ2v) is 3.68. The van der Waals surface area contributed by atoms with E-state index in [4.69, 9.17) is 4.74 Å². The molecular weight excluding hydrogens is 156 g/mol. The summed E-state index contributed by atoms with van der Waals surface area (Å²) in [6, 6.07) is 0. The van der Waals surface area contributed by atoms with Crippen LogP contribution < -0.4 is 0 Å². The lowest BCUT2D eigenvalue weighted by molar-refractivity contribution is -0.125. The Kier molecular flexibility index (Phi) is 2.08. The fraction of sp³-hybridized carbons (Fsp3) is 0.778. The van der Waals surface area contributed by atoms with Gasteiger partial charge in [0.25, 0.3) is 0 Å². The van der Waals surface area contributed by atoms with E-state index in [-0.39, 0.29) is 11.3 Å². The first kappa shape index (κ1) is 9.39. The van der Waals surface area contributed by atoms with Gasteiger partial charge in [0.05, 0.1) is 5.92 Å². The minimum Gasteiger partial charge on any atom is -0.366 e. The van der Waals surface area contributed by atoms with E-state index in [9.17, 15) is 9.59 Å². The molecular formula is C9H14O3. The normalized spacial score (nSPS) is 37.4. The summed E-state index contributed by atoms with van der Waals surface area (Å²) in [5, 5.41) is 0. The maximum absolute atomic E-state index is 10.8. The molecule has 12 heavy (non-hydrogen) atoms. The fourth-order valence-corrected chi connectivity index (χ4v) is 1.84. The van der Waals surface area contributed by atoms with Crippen LogP contribution >= 0.6 is 0 Å². The van der Waals surface area contributed by atoms with Gasteiger partial charge in [-0.2, -0.15) is 0 Å². The van der Waals surface area contributed by atoms with Gasteiger partial charge in [0, 0.05) is 12.0 Å². The van der Waals surface area contributed by atoms with Crippen LogP contribution in [0.25, 0.3) is 0 Å². The van der Waals surface area contributed by atoms with E-state index >= 15 is 0 Å². The Morgan fingerprint density at radius 2 is 2.00 bits per heavy atom. The van der Waals surface area contributed by atoms with Crippen molar-refractivity contribution in [1.29, 1.82) is 0 Å². The molecule has 1 rings (SSSR count). The molecule has 2 atom stereocenters. The van der Waals surface area contributed by atoms with Crippen LogP contribution in [0.15, 0.2) is 0 Å². The summed E-state index contributed by atoms with van der Waals surface area (Å²) >= 11 is 0. The van der Waals surface area contributed by atoms with Crippen molar-refractivity contribution in [2.45, 2.75) is 26.4 Å². The predicted molar refractivity (Wildman–Crippen MR) is 43.8 cm³/mol. The van der Waals surface area contributed by atoms with Crippen LogP contribution in [0.2, 0.25) is 0 Å². The first-order chi connectivity index (χ1) is 5.56. The average Bonchev–Trinajstić information content (AvgIpc) is 2.49. The second kappa shape index (κ2) is 2.66. The minimum atomic E-state index is -0.844. The van der Waals surface area contributed by atoms with Gasteiger partial charge in [0.2, 0.25) is 0 Å². The van der Waals surface area contributed by atoms with E-state index in [0.29, 0.717) is 6.61 Å². The number of carbonyl (C=O) groups excluding carboxylic acids is 2. The molecule has 1 fully saturated rings. The summed E-state index contributed by atoms with van der Waals surface area (Å²) in [4.78, 5) is 21.4. The molecule has 1 aliphatic rings. The molecule has 0 heterocycles. The standard InChI is InChI=1S/C9H14O3/c1-4-12-9(6-11)7(5-10)8(9,2)3/h5-7H,4H2,1-3H3/t7?,9-/m0/s1. The Morgan fingerprint density at radius 3 is 2.25 bits per heavy atom. The van der Waals surface area contributed by atoms with Crippen LogP contribution in [-0.4, -0.2) is 24.8 Å². The smallest absolute Gasteiger partial charge is 0.153 e. The molecule has 3 nitrogen and oxygen atoms in total. The Labute approximate surface area is 72.1 Å². The molecule has 0 radical (unpaired) electrons. The molecule has 0 spiro atoms. The van der Waals surface area contributed by atoms with E-state index in [1.807, 2.05) is 20.8 Å². The van der Waals surface area contributed by atoms with E-state index in [1.54, 1.807) is 0 Å². The third-order valence-electron chi connectivity index (χ3n) is 2.86. The summed E-state index contributed by atoms with van der Waals surface area (Å²) < 4.78 is 5.31. The molecule has 1 aliphatic carbocycles. The number of hydrogen-bond donors (Lipinski definition) is 0. The molecule has 3 heteroatoms. The van der Waals surface area contributed by atoms with Crippen molar-refractivity contribution >= 4 is 12.6 Å². The summed E-state index contributed by atoms with van der Waals surface area (Å²) in [5.41, 5.74) is -1.17. The van der Waals surface area contributed by atoms with Crippen molar-refractivity contribution in [2.75, 3.05) is 6.61 Å². The number of ether oxygens (including phenoxy) is 1. The molecule has 0 amide bonds. The summed E-state index contributed by atoms with van der Waals surface area (Å²) in [5.74, 6) is -0.276. The Hall–Kier alpha value is -0.700. The molecule has 1 unspecified atom stereocenters. The largest absolute Gasteiger partial charge is 0.366 e. The summed E-state index contributed by atoms with van der Waals surface area (Å²) in [6.45, 7) is 6.03. The third-order valence-corrected chi connectivity index (χ3v) is 2.86. The van der Waals surface area contributed by atoms with Gasteiger partial charge in [-0.25, -0.2) is 0 Å². The van der Waals surface area contributed by atoms with Gasteiger partial charge in [-0.15, -0.1) is 0 Å². The number of aldehydes is 2. The lowest BCUT2D eigenvalue weighted by atomic mass is 10.1. The van der Waals surface area contributed by atoms with Crippen molar-refractivity contribution in [3.63, 3.8) is 0 Å². The zero-order valence-electron chi connectivity index (χ0n) is 7.66. The van der Waals surface area contributed by atoms with Gasteiger partial charge >= 0.3 is 0 Å². The minimum absolute atomic E-state index is 0.276. The van der Waals surface area contributed by atoms with Crippen LogP contribution in [0.4, 0.5) is 0 Å². The zero-order valence-corrected chi connectivity index (χ0v) is 7.66. The third kappa shape index (κ3) is 0.860. The van der Waals surface area contributed by atoms with Crippen molar-refractivity contribution < 1.29 is 14.3 Å². The first-order valence-corrected chi connectivity index (χ1v) is 4.12. The molecule has 0 aromatic heterocycles. The number of carbonyl (C=O) groups is 2. The van der Waals surface area contributed by atoms with Gasteiger partial charge in [0.1, 0.15) is 11.9 Å². The number of rotatable bonds is 4. The number of hydrogen-bond acceptors (Lipinski definition) is 3. The van der Waals surface area contributed by atoms with Crippen LogP contribution in [0.3, 0.4) is 0 Å². The van der Waals surface area contributed by atoms with Crippen molar-refractivity contribution in [1.82, 2.24) is 0 Å². The quantitative estimate of drug-likeness (QED) is 0.586. The highest BCUT2D eigenvalue weighted by Crippen LogP contribution is 2.61. The predicted octanol–water partition coefficient (Wildman–Crippen LogP) is 0.815. The highest BCUT2D eigenvalue weighted by Gasteiger charge is 2.73. The highest BCUT2D eigenvalue weighted by atomic mass is 16.5. The maximum Gasteiger partial charge on any atom is 0.153 e. The monoisotopic (exact) mass is 170 g/mol. The Morgan fingerprint density at radius 1 is 1.42 bits per heavy atom. The SMILES string of the molecule is CCO[C@@]1(C=O)C(C=O)C1(C)C. The maximum atomic E-state index is 10.8. The van der Waals surface area contributed by atoms with Gasteiger partial charge in [0.15, 0.2) is 6.29 Å². The van der Waals surface area contributed by atoms with E-state index < -0.39 is 5.60 Å². The molecule has 1 saturated carbocycles.